The minimum absolute atomic E-state index is 0.0289. The summed E-state index contributed by atoms with van der Waals surface area (Å²) < 4.78 is 65.4. The molecule has 1 aromatic carbocycles. The maximum absolute atomic E-state index is 13.9. The number of cyclic esters (lactones) is 1. The van der Waals surface area contributed by atoms with E-state index in [9.17, 15) is 41.2 Å². The van der Waals surface area contributed by atoms with Crippen molar-refractivity contribution < 1.29 is 50.6 Å². The summed E-state index contributed by atoms with van der Waals surface area (Å²) in [4.78, 5) is 69.4. The fourth-order valence-electron chi connectivity index (χ4n) is 6.56. The zero-order valence-electron chi connectivity index (χ0n) is 26.4. The van der Waals surface area contributed by atoms with Gasteiger partial charge in [0.2, 0.25) is 28.3 Å². The number of hydrogen-bond acceptors (Lipinski definition) is 9. The van der Waals surface area contributed by atoms with E-state index in [2.05, 4.69) is 17.2 Å². The standard InChI is InChI=1S/C32H37F2N5O9S/c1-2-20-14-32(20,29(42)37-49(45,46)22-9-10-22)36-27(40)25-12-21-16-39(25)28(41)24(13-26(33)34)35-30(43)47-11-4-3-6-18-7-5-8-19-15-38(17-23(18)19)31(44)48-21/h2-3,5-8,20-22,24-26H,1,4,9-17H2,(H,35,43)(H,36,40)(H,37,42)/b6-3+/t20-,21+,24-,25-,32+/m0/s1. The van der Waals surface area contributed by atoms with Gasteiger partial charge in [0.05, 0.1) is 24.9 Å². The molecule has 1 aromatic rings. The van der Waals surface area contributed by atoms with Crippen LogP contribution in [0.25, 0.3) is 6.08 Å². The van der Waals surface area contributed by atoms with Crippen molar-refractivity contribution in [2.24, 2.45) is 5.92 Å². The first-order valence-corrected chi connectivity index (χ1v) is 17.6. The SMILES string of the molecule is C=C[C@H]1C[C@]1(NC(=O)[C@@H]1C[C@@H]2CN1C(=O)[C@H](CC(F)F)NC(=O)OCC/C=C/c1cccc3c1CN(C3)C(=O)O2)C(=O)NS(=O)(=O)C1CC1. The van der Waals surface area contributed by atoms with Gasteiger partial charge in [-0.2, -0.15) is 0 Å². The number of benzene rings is 1. The summed E-state index contributed by atoms with van der Waals surface area (Å²) in [6, 6.07) is 2.35. The Balaban J connectivity index is 1.27. The van der Waals surface area contributed by atoms with Gasteiger partial charge < -0.3 is 25.0 Å². The highest BCUT2D eigenvalue weighted by Gasteiger charge is 2.62. The van der Waals surface area contributed by atoms with E-state index in [0.29, 0.717) is 12.8 Å². The molecule has 49 heavy (non-hydrogen) atoms. The number of carbonyl (C=O) groups excluding carboxylic acids is 5. The minimum atomic E-state index is -3.97. The fourth-order valence-corrected chi connectivity index (χ4v) is 7.92. The van der Waals surface area contributed by atoms with Gasteiger partial charge in [0.15, 0.2) is 0 Å². The zero-order valence-corrected chi connectivity index (χ0v) is 27.3. The quantitative estimate of drug-likeness (QED) is 0.341. The molecule has 3 heterocycles. The van der Waals surface area contributed by atoms with Crippen LogP contribution in [0.3, 0.4) is 0 Å². The van der Waals surface area contributed by atoms with Crippen molar-refractivity contribution in [3.05, 3.63) is 53.6 Å². The first-order valence-electron chi connectivity index (χ1n) is 16.1. The minimum Gasteiger partial charge on any atom is -0.449 e. The third kappa shape index (κ3) is 7.26. The molecule has 0 aromatic heterocycles. The average molecular weight is 706 g/mol. The van der Waals surface area contributed by atoms with Crippen LogP contribution < -0.4 is 15.4 Å². The average Bonchev–Trinajstić information content (AvgIpc) is 3.94. The maximum atomic E-state index is 13.9. The van der Waals surface area contributed by atoms with Gasteiger partial charge in [-0.25, -0.2) is 26.8 Å². The number of nitrogens with one attached hydrogen (secondary N) is 3. The highest BCUT2D eigenvalue weighted by atomic mass is 32.2. The molecule has 17 heteroatoms. The zero-order chi connectivity index (χ0) is 35.1. The molecular weight excluding hydrogens is 668 g/mol. The maximum Gasteiger partial charge on any atom is 0.410 e. The molecule has 0 radical (unpaired) electrons. The van der Waals surface area contributed by atoms with Crippen LogP contribution in [0.15, 0.2) is 36.9 Å². The van der Waals surface area contributed by atoms with Crippen LogP contribution >= 0.6 is 0 Å². The number of sulfonamides is 1. The van der Waals surface area contributed by atoms with Gasteiger partial charge in [0.1, 0.15) is 23.7 Å². The summed E-state index contributed by atoms with van der Waals surface area (Å²) in [5.74, 6) is -3.55. The molecule has 0 spiro atoms. The third-order valence-corrected chi connectivity index (χ3v) is 11.3. The Bertz CT molecular complexity index is 1700. The van der Waals surface area contributed by atoms with Crippen LogP contribution in [-0.4, -0.2) is 96.7 Å². The van der Waals surface area contributed by atoms with E-state index in [0.717, 1.165) is 21.6 Å². The second-order valence-corrected chi connectivity index (χ2v) is 14.9. The Hall–Kier alpha value is -4.54. The van der Waals surface area contributed by atoms with Gasteiger partial charge >= 0.3 is 12.2 Å². The smallest absolute Gasteiger partial charge is 0.410 e. The molecule has 1 saturated heterocycles. The Morgan fingerprint density at radius 3 is 2.65 bits per heavy atom. The van der Waals surface area contributed by atoms with Crippen LogP contribution in [0.4, 0.5) is 18.4 Å². The number of fused-ring (bicyclic) bond motifs is 3. The van der Waals surface area contributed by atoms with E-state index in [1.54, 1.807) is 6.08 Å². The summed E-state index contributed by atoms with van der Waals surface area (Å²) in [5, 5.41) is 4.04. The van der Waals surface area contributed by atoms with Crippen LogP contribution in [0.2, 0.25) is 0 Å². The molecular formula is C32H37F2N5O9S. The molecule has 2 aliphatic carbocycles. The topological polar surface area (TPSA) is 181 Å². The fraction of sp³-hybridized carbons (Fsp3) is 0.531. The Labute approximate surface area is 281 Å². The lowest BCUT2D eigenvalue weighted by Gasteiger charge is -2.29. The van der Waals surface area contributed by atoms with Crippen molar-refractivity contribution in [3.8, 4) is 0 Å². The highest BCUT2D eigenvalue weighted by Crippen LogP contribution is 2.45. The van der Waals surface area contributed by atoms with Gasteiger partial charge in [-0.1, -0.05) is 36.4 Å². The van der Waals surface area contributed by atoms with E-state index < -0.39 is 87.7 Å². The third-order valence-electron chi connectivity index (χ3n) is 9.46. The molecule has 2 saturated carbocycles. The monoisotopic (exact) mass is 705 g/mol. The molecule has 0 unspecified atom stereocenters. The molecule has 4 bridgehead atoms. The predicted octanol–water partition coefficient (Wildman–Crippen LogP) is 1.94. The van der Waals surface area contributed by atoms with E-state index in [1.165, 1.54) is 11.0 Å². The molecule has 5 atom stereocenters. The van der Waals surface area contributed by atoms with Crippen molar-refractivity contribution in [2.45, 2.75) is 87.0 Å². The van der Waals surface area contributed by atoms with Gasteiger partial charge in [-0.05, 0) is 42.4 Å². The molecule has 3 N–H and O–H groups in total. The number of ether oxygens (including phenoxy) is 2. The van der Waals surface area contributed by atoms with Crippen molar-refractivity contribution >= 4 is 46.0 Å². The normalized spacial score (nSPS) is 29.2. The number of alkyl halides is 2. The number of alkyl carbamates (subject to hydrolysis) is 1. The van der Waals surface area contributed by atoms with E-state index >= 15 is 0 Å². The van der Waals surface area contributed by atoms with Crippen molar-refractivity contribution in [1.29, 1.82) is 0 Å². The van der Waals surface area contributed by atoms with Crippen LogP contribution in [0, 0.1) is 5.92 Å². The van der Waals surface area contributed by atoms with Crippen LogP contribution in [0.5, 0.6) is 0 Å². The van der Waals surface area contributed by atoms with Gasteiger partial charge in [-0.3, -0.25) is 24.0 Å². The molecule has 3 fully saturated rings. The Kier molecular flexibility index (Phi) is 9.39. The molecule has 5 amide bonds. The number of nitrogens with zero attached hydrogens (tertiary/aromatic N) is 2. The van der Waals surface area contributed by atoms with E-state index in [1.807, 2.05) is 29.0 Å². The number of rotatable bonds is 8. The number of halogens is 2. The summed E-state index contributed by atoms with van der Waals surface area (Å²) in [6.07, 6.45) is -1.22. The van der Waals surface area contributed by atoms with E-state index in [4.69, 9.17) is 9.47 Å². The van der Waals surface area contributed by atoms with Crippen LogP contribution in [-0.2, 0) is 47.0 Å². The Morgan fingerprint density at radius 2 is 1.96 bits per heavy atom. The largest absolute Gasteiger partial charge is 0.449 e. The number of carbonyl (C=O) groups is 5. The molecule has 14 nitrogen and oxygen atoms in total. The lowest BCUT2D eigenvalue weighted by atomic mass is 10.0. The first-order chi connectivity index (χ1) is 23.3. The molecule has 6 rings (SSSR count). The number of amides is 5. The lowest BCUT2D eigenvalue weighted by molar-refractivity contribution is -0.141. The second kappa shape index (κ2) is 13.4. The van der Waals surface area contributed by atoms with Gasteiger partial charge in [0.25, 0.3) is 5.91 Å². The summed E-state index contributed by atoms with van der Waals surface area (Å²) in [6.45, 7) is 3.64. The van der Waals surface area contributed by atoms with Crippen molar-refractivity contribution in [2.75, 3.05) is 13.2 Å². The second-order valence-electron chi connectivity index (χ2n) is 12.9. The molecule has 264 valence electrons. The Morgan fingerprint density at radius 1 is 1.18 bits per heavy atom. The molecule has 3 aliphatic heterocycles. The predicted molar refractivity (Wildman–Crippen MR) is 168 cm³/mol. The van der Waals surface area contributed by atoms with E-state index in [-0.39, 0.29) is 45.5 Å². The summed E-state index contributed by atoms with van der Waals surface area (Å²) in [5.41, 5.74) is 0.967. The molecule has 5 aliphatic rings. The van der Waals surface area contributed by atoms with Crippen LogP contribution in [0.1, 0.15) is 55.2 Å². The number of hydrogen-bond donors (Lipinski definition) is 3. The first kappa shape index (κ1) is 34.3. The van der Waals surface area contributed by atoms with Gasteiger partial charge in [-0.15, -0.1) is 6.58 Å². The highest BCUT2D eigenvalue weighted by molar-refractivity contribution is 7.91. The summed E-state index contributed by atoms with van der Waals surface area (Å²) >= 11 is 0. The van der Waals surface area contributed by atoms with Crippen molar-refractivity contribution in [3.63, 3.8) is 0 Å². The van der Waals surface area contributed by atoms with Crippen molar-refractivity contribution in [1.82, 2.24) is 25.2 Å². The lowest BCUT2D eigenvalue weighted by Crippen LogP contribution is -2.58. The van der Waals surface area contributed by atoms with Gasteiger partial charge in [0, 0.05) is 25.3 Å². The summed E-state index contributed by atoms with van der Waals surface area (Å²) in [7, 11) is -3.97.